The maximum atomic E-state index is 8.14. The molecular weight excluding hydrogens is 112 g/mol. The molecular formula is C6H15MgO+. The van der Waals surface area contributed by atoms with Gasteiger partial charge in [-0.3, -0.25) is 0 Å². The summed E-state index contributed by atoms with van der Waals surface area (Å²) in [6, 6.07) is 0. The maximum absolute atomic E-state index is 8.14. The SMILES string of the molecule is CC(C)CO.[CH2-]C.[Mg+2]. The second kappa shape index (κ2) is 15.6. The number of aliphatic hydroxyl groups is 1. The minimum Gasteiger partial charge on any atom is -0.396 e. The zero-order chi connectivity index (χ0) is 6.28. The van der Waals surface area contributed by atoms with Crippen molar-refractivity contribution in [3.05, 3.63) is 6.92 Å². The summed E-state index contributed by atoms with van der Waals surface area (Å²) in [4.78, 5) is 0. The van der Waals surface area contributed by atoms with Gasteiger partial charge in [-0.05, 0) is 5.92 Å². The summed E-state index contributed by atoms with van der Waals surface area (Å²) in [5.74, 6) is 0.440. The van der Waals surface area contributed by atoms with Crippen molar-refractivity contribution in [2.75, 3.05) is 6.61 Å². The van der Waals surface area contributed by atoms with Crippen molar-refractivity contribution < 1.29 is 5.11 Å². The number of hydrogen-bond acceptors (Lipinski definition) is 1. The smallest absolute Gasteiger partial charge is 0.396 e. The summed E-state index contributed by atoms with van der Waals surface area (Å²) in [5, 5.41) is 8.14. The first kappa shape index (κ1) is 15.9. The molecule has 8 heavy (non-hydrogen) atoms. The predicted octanol–water partition coefficient (Wildman–Crippen LogP) is 1.09. The Bertz CT molecular complexity index is 22.5. The normalized spacial score (nSPS) is 6.75. The molecule has 0 aromatic heterocycles. The van der Waals surface area contributed by atoms with Crippen LogP contribution in [0.5, 0.6) is 0 Å². The van der Waals surface area contributed by atoms with Crippen LogP contribution in [0.25, 0.3) is 0 Å². The van der Waals surface area contributed by atoms with Crippen LogP contribution >= 0.6 is 0 Å². The zero-order valence-corrected chi connectivity index (χ0v) is 7.56. The van der Waals surface area contributed by atoms with Gasteiger partial charge in [-0.15, -0.1) is 0 Å². The van der Waals surface area contributed by atoms with Crippen LogP contribution in [0.4, 0.5) is 0 Å². The molecule has 0 heterocycles. The molecule has 0 unspecified atom stereocenters. The monoisotopic (exact) mass is 127 g/mol. The Balaban J connectivity index is -0.0000000750. The van der Waals surface area contributed by atoms with E-state index in [-0.39, 0.29) is 23.1 Å². The van der Waals surface area contributed by atoms with E-state index in [9.17, 15) is 0 Å². The molecule has 1 nitrogen and oxygen atoms in total. The van der Waals surface area contributed by atoms with Gasteiger partial charge in [0.15, 0.2) is 0 Å². The third-order valence-electron chi connectivity index (χ3n) is 0.365. The molecule has 0 aromatic carbocycles. The van der Waals surface area contributed by atoms with Gasteiger partial charge in [-0.25, -0.2) is 0 Å². The van der Waals surface area contributed by atoms with Gasteiger partial charge in [0.05, 0.1) is 0 Å². The number of aliphatic hydroxyl groups excluding tert-OH is 1. The fraction of sp³-hybridized carbons (Fsp3) is 0.833. The van der Waals surface area contributed by atoms with Crippen molar-refractivity contribution in [3.63, 3.8) is 0 Å². The Morgan fingerprint density at radius 2 is 1.50 bits per heavy atom. The molecule has 0 radical (unpaired) electrons. The molecule has 2 heteroatoms. The Morgan fingerprint density at radius 3 is 1.50 bits per heavy atom. The van der Waals surface area contributed by atoms with Crippen LogP contribution in [0.15, 0.2) is 0 Å². The topological polar surface area (TPSA) is 20.2 Å². The molecule has 0 fully saturated rings. The fourth-order valence-corrected chi connectivity index (χ4v) is 0. The van der Waals surface area contributed by atoms with E-state index in [0.717, 1.165) is 0 Å². The van der Waals surface area contributed by atoms with Gasteiger partial charge >= 0.3 is 23.1 Å². The van der Waals surface area contributed by atoms with E-state index in [4.69, 9.17) is 5.11 Å². The van der Waals surface area contributed by atoms with Crippen molar-refractivity contribution >= 4 is 23.1 Å². The summed E-state index contributed by atoms with van der Waals surface area (Å²) < 4.78 is 0. The van der Waals surface area contributed by atoms with Crippen molar-refractivity contribution in [2.45, 2.75) is 20.8 Å². The molecule has 0 saturated heterocycles. The molecule has 0 atom stereocenters. The van der Waals surface area contributed by atoms with Gasteiger partial charge in [0.2, 0.25) is 0 Å². The van der Waals surface area contributed by atoms with Gasteiger partial charge in [0.25, 0.3) is 0 Å². The molecule has 0 aliphatic heterocycles. The van der Waals surface area contributed by atoms with E-state index < -0.39 is 0 Å². The molecule has 0 spiro atoms. The first-order valence-electron chi connectivity index (χ1n) is 2.59. The van der Waals surface area contributed by atoms with Crippen molar-refractivity contribution in [3.8, 4) is 0 Å². The Kier molecular flexibility index (Phi) is 31.1. The van der Waals surface area contributed by atoms with Crippen LogP contribution < -0.4 is 0 Å². The molecule has 0 rings (SSSR count). The standard InChI is InChI=1S/C4H10O.C2H5.Mg/c1-4(2)3-5;1-2;/h4-5H,3H2,1-2H3;1H2,2H3;/q;-1;+2. The molecule has 0 saturated carbocycles. The van der Waals surface area contributed by atoms with Crippen LogP contribution in [0.1, 0.15) is 20.8 Å². The van der Waals surface area contributed by atoms with Gasteiger partial charge in [0.1, 0.15) is 0 Å². The van der Waals surface area contributed by atoms with E-state index in [1.54, 1.807) is 6.92 Å². The van der Waals surface area contributed by atoms with E-state index in [0.29, 0.717) is 12.5 Å². The third kappa shape index (κ3) is 29.7. The Morgan fingerprint density at radius 1 is 1.38 bits per heavy atom. The summed E-state index contributed by atoms with van der Waals surface area (Å²) in [6.45, 7) is 9.25. The van der Waals surface area contributed by atoms with E-state index in [2.05, 4.69) is 6.92 Å². The Labute approximate surface area is 68.6 Å². The van der Waals surface area contributed by atoms with Crippen LogP contribution in [0.3, 0.4) is 0 Å². The number of hydrogen-bond donors (Lipinski definition) is 1. The van der Waals surface area contributed by atoms with Crippen LogP contribution in [0, 0.1) is 12.8 Å². The van der Waals surface area contributed by atoms with Gasteiger partial charge in [-0.1, -0.05) is 13.8 Å². The zero-order valence-electron chi connectivity index (χ0n) is 6.15. The Hall–Kier alpha value is 0.726. The summed E-state index contributed by atoms with van der Waals surface area (Å²) >= 11 is 0. The van der Waals surface area contributed by atoms with Crippen molar-refractivity contribution in [2.24, 2.45) is 5.92 Å². The average Bonchev–Trinajstić information content (AvgIpc) is 1.73. The van der Waals surface area contributed by atoms with Gasteiger partial charge < -0.3 is 12.0 Å². The molecule has 46 valence electrons. The molecule has 0 aliphatic carbocycles. The minimum absolute atomic E-state index is 0. The molecule has 1 N–H and O–H groups in total. The fourth-order valence-electron chi connectivity index (χ4n) is 0. The van der Waals surface area contributed by atoms with Gasteiger partial charge in [0, 0.05) is 6.61 Å². The van der Waals surface area contributed by atoms with E-state index >= 15 is 0 Å². The molecule has 0 amide bonds. The van der Waals surface area contributed by atoms with Crippen LogP contribution in [-0.2, 0) is 0 Å². The van der Waals surface area contributed by atoms with Crippen LogP contribution in [0.2, 0.25) is 0 Å². The second-order valence-corrected chi connectivity index (χ2v) is 1.58. The molecule has 0 aliphatic rings. The summed E-state index contributed by atoms with van der Waals surface area (Å²) in [6.07, 6.45) is 0. The summed E-state index contributed by atoms with van der Waals surface area (Å²) in [7, 11) is 0. The first-order valence-corrected chi connectivity index (χ1v) is 2.59. The number of rotatable bonds is 1. The minimum atomic E-state index is 0. The summed E-state index contributed by atoms with van der Waals surface area (Å²) in [5.41, 5.74) is 0. The second-order valence-electron chi connectivity index (χ2n) is 1.58. The van der Waals surface area contributed by atoms with Crippen molar-refractivity contribution in [1.82, 2.24) is 0 Å². The van der Waals surface area contributed by atoms with E-state index in [1.807, 2.05) is 13.8 Å². The average molecular weight is 127 g/mol. The van der Waals surface area contributed by atoms with Crippen LogP contribution in [-0.4, -0.2) is 34.8 Å². The maximum Gasteiger partial charge on any atom is 2.00 e. The van der Waals surface area contributed by atoms with Gasteiger partial charge in [-0.2, -0.15) is 6.92 Å². The third-order valence-corrected chi connectivity index (χ3v) is 0.365. The first-order chi connectivity index (χ1) is 3.27. The quantitative estimate of drug-likeness (QED) is 0.413. The molecule has 0 aromatic rings. The largest absolute Gasteiger partial charge is 2.00 e. The molecule has 0 bridgehead atoms. The van der Waals surface area contributed by atoms with E-state index in [1.165, 1.54) is 0 Å². The van der Waals surface area contributed by atoms with Crippen molar-refractivity contribution in [1.29, 1.82) is 0 Å². The predicted molar refractivity (Wildman–Crippen MR) is 38.7 cm³/mol.